The minimum atomic E-state index is -0.886. The second-order valence-electron chi connectivity index (χ2n) is 3.93. The number of aromatic carboxylic acids is 1. The lowest BCUT2D eigenvalue weighted by Crippen LogP contribution is -2.02. The third kappa shape index (κ3) is 3.52. The van der Waals surface area contributed by atoms with Crippen LogP contribution in [0.2, 0.25) is 0 Å². The molecule has 0 saturated carbocycles. The average Bonchev–Trinajstić information content (AvgIpc) is 2.25. The van der Waals surface area contributed by atoms with Crippen LogP contribution in [0.4, 0.5) is 0 Å². The Kier molecular flexibility index (Phi) is 4.80. The smallest absolute Gasteiger partial charge is 0.335 e. The molecule has 1 rings (SSSR count). The van der Waals surface area contributed by atoms with Gasteiger partial charge >= 0.3 is 5.97 Å². The molecule has 0 bridgehead atoms. The maximum Gasteiger partial charge on any atom is 0.335 e. The van der Waals surface area contributed by atoms with Crippen molar-refractivity contribution in [3.05, 3.63) is 23.4 Å². The zero-order valence-corrected chi connectivity index (χ0v) is 10.7. The highest BCUT2D eigenvalue weighted by molar-refractivity contribution is 7.99. The molecule has 1 aromatic heterocycles. The van der Waals surface area contributed by atoms with Gasteiger partial charge in [0.2, 0.25) is 0 Å². The van der Waals surface area contributed by atoms with Crippen LogP contribution in [0.25, 0.3) is 0 Å². The minimum absolute atomic E-state index is 0.250. The Hall–Kier alpha value is -1.03. The van der Waals surface area contributed by atoms with Crippen molar-refractivity contribution in [1.82, 2.24) is 4.98 Å². The van der Waals surface area contributed by atoms with Gasteiger partial charge in [-0.15, -0.1) is 11.8 Å². The van der Waals surface area contributed by atoms with Crippen molar-refractivity contribution in [3.63, 3.8) is 0 Å². The van der Waals surface area contributed by atoms with Crippen LogP contribution in [-0.2, 0) is 0 Å². The topological polar surface area (TPSA) is 50.2 Å². The van der Waals surface area contributed by atoms with Gasteiger partial charge in [-0.05, 0) is 30.2 Å². The van der Waals surface area contributed by atoms with Gasteiger partial charge in [-0.2, -0.15) is 0 Å². The zero-order chi connectivity index (χ0) is 12.1. The van der Waals surface area contributed by atoms with E-state index in [0.717, 1.165) is 22.9 Å². The molecule has 0 amide bonds. The van der Waals surface area contributed by atoms with Crippen molar-refractivity contribution in [2.24, 2.45) is 0 Å². The SMILES string of the molecule is CCCSc1cc(C(=O)O)cc(C(C)C)n1. The van der Waals surface area contributed by atoms with Crippen LogP contribution in [0.3, 0.4) is 0 Å². The first-order valence-electron chi connectivity index (χ1n) is 5.42. The van der Waals surface area contributed by atoms with Gasteiger partial charge in [-0.25, -0.2) is 9.78 Å². The molecule has 1 aromatic rings. The fraction of sp³-hybridized carbons (Fsp3) is 0.500. The van der Waals surface area contributed by atoms with E-state index in [1.807, 2.05) is 13.8 Å². The molecular formula is C12H17NO2S. The van der Waals surface area contributed by atoms with Crippen molar-refractivity contribution >= 4 is 17.7 Å². The molecule has 0 spiro atoms. The lowest BCUT2D eigenvalue weighted by atomic mass is 10.1. The Bertz CT molecular complexity index is 377. The highest BCUT2D eigenvalue weighted by atomic mass is 32.2. The molecule has 0 saturated heterocycles. The summed E-state index contributed by atoms with van der Waals surface area (Å²) in [4.78, 5) is 15.4. The summed E-state index contributed by atoms with van der Waals surface area (Å²) < 4.78 is 0. The van der Waals surface area contributed by atoms with Crippen LogP contribution in [0, 0.1) is 0 Å². The van der Waals surface area contributed by atoms with E-state index in [-0.39, 0.29) is 5.92 Å². The van der Waals surface area contributed by atoms with Crippen molar-refractivity contribution in [2.75, 3.05) is 5.75 Å². The maximum atomic E-state index is 11.0. The normalized spacial score (nSPS) is 10.8. The summed E-state index contributed by atoms with van der Waals surface area (Å²) in [6.45, 7) is 6.13. The van der Waals surface area contributed by atoms with Crippen LogP contribution >= 0.6 is 11.8 Å². The number of hydrogen-bond donors (Lipinski definition) is 1. The standard InChI is InChI=1S/C12H17NO2S/c1-4-5-16-11-7-9(12(14)15)6-10(13-11)8(2)3/h6-8H,4-5H2,1-3H3,(H,14,15). The molecule has 0 aliphatic rings. The van der Waals surface area contributed by atoms with E-state index in [9.17, 15) is 4.79 Å². The molecule has 0 unspecified atom stereocenters. The lowest BCUT2D eigenvalue weighted by Gasteiger charge is -2.08. The number of hydrogen-bond acceptors (Lipinski definition) is 3. The van der Waals surface area contributed by atoms with Crippen LogP contribution in [-0.4, -0.2) is 21.8 Å². The van der Waals surface area contributed by atoms with Crippen molar-refractivity contribution in [1.29, 1.82) is 0 Å². The predicted octanol–water partition coefficient (Wildman–Crippen LogP) is 3.41. The number of rotatable bonds is 5. The van der Waals surface area contributed by atoms with Crippen LogP contribution in [0.15, 0.2) is 17.2 Å². The van der Waals surface area contributed by atoms with E-state index in [0.29, 0.717) is 5.56 Å². The second kappa shape index (κ2) is 5.89. The van der Waals surface area contributed by atoms with Gasteiger partial charge in [0, 0.05) is 5.69 Å². The molecule has 3 nitrogen and oxygen atoms in total. The Morgan fingerprint density at radius 2 is 2.19 bits per heavy atom. The molecular weight excluding hydrogens is 222 g/mol. The van der Waals surface area contributed by atoms with Gasteiger partial charge < -0.3 is 5.11 Å². The highest BCUT2D eigenvalue weighted by Gasteiger charge is 2.10. The van der Waals surface area contributed by atoms with E-state index in [4.69, 9.17) is 5.11 Å². The Labute approximate surface area is 100 Å². The Balaban J connectivity index is 3.03. The lowest BCUT2D eigenvalue weighted by molar-refractivity contribution is 0.0696. The van der Waals surface area contributed by atoms with Gasteiger partial charge in [0.25, 0.3) is 0 Å². The van der Waals surface area contributed by atoms with E-state index >= 15 is 0 Å². The largest absolute Gasteiger partial charge is 0.478 e. The number of aromatic nitrogens is 1. The zero-order valence-electron chi connectivity index (χ0n) is 9.86. The molecule has 0 radical (unpaired) electrons. The molecule has 1 heterocycles. The number of nitrogens with zero attached hydrogens (tertiary/aromatic N) is 1. The summed E-state index contributed by atoms with van der Waals surface area (Å²) in [5, 5.41) is 9.81. The fourth-order valence-electron chi connectivity index (χ4n) is 1.23. The van der Waals surface area contributed by atoms with E-state index in [1.54, 1.807) is 23.9 Å². The molecule has 0 aromatic carbocycles. The summed E-state index contributed by atoms with van der Waals surface area (Å²) in [7, 11) is 0. The van der Waals surface area contributed by atoms with Crippen molar-refractivity contribution < 1.29 is 9.90 Å². The summed E-state index contributed by atoms with van der Waals surface area (Å²) >= 11 is 1.61. The molecule has 0 aliphatic carbocycles. The summed E-state index contributed by atoms with van der Waals surface area (Å²) in [6.07, 6.45) is 1.06. The van der Waals surface area contributed by atoms with E-state index in [2.05, 4.69) is 11.9 Å². The van der Waals surface area contributed by atoms with E-state index in [1.165, 1.54) is 0 Å². The molecule has 0 aliphatic heterocycles. The van der Waals surface area contributed by atoms with Crippen LogP contribution in [0.5, 0.6) is 0 Å². The Morgan fingerprint density at radius 3 is 2.69 bits per heavy atom. The molecule has 88 valence electrons. The van der Waals surface area contributed by atoms with Crippen LogP contribution in [0.1, 0.15) is 49.2 Å². The first-order chi connectivity index (χ1) is 7.54. The quantitative estimate of drug-likeness (QED) is 0.800. The molecule has 4 heteroatoms. The number of carboxylic acid groups (broad SMARTS) is 1. The Morgan fingerprint density at radius 1 is 1.50 bits per heavy atom. The van der Waals surface area contributed by atoms with Gasteiger partial charge in [0.1, 0.15) is 0 Å². The second-order valence-corrected chi connectivity index (χ2v) is 5.04. The van der Waals surface area contributed by atoms with Gasteiger partial charge in [-0.3, -0.25) is 0 Å². The first-order valence-corrected chi connectivity index (χ1v) is 6.41. The first kappa shape index (κ1) is 13.0. The summed E-state index contributed by atoms with van der Waals surface area (Å²) in [6, 6.07) is 3.30. The minimum Gasteiger partial charge on any atom is -0.478 e. The number of thioether (sulfide) groups is 1. The average molecular weight is 239 g/mol. The third-order valence-corrected chi connectivity index (χ3v) is 3.23. The number of pyridine rings is 1. The van der Waals surface area contributed by atoms with Gasteiger partial charge in [-0.1, -0.05) is 20.8 Å². The molecule has 1 N–H and O–H groups in total. The monoisotopic (exact) mass is 239 g/mol. The predicted molar refractivity (Wildman–Crippen MR) is 66.3 cm³/mol. The third-order valence-electron chi connectivity index (χ3n) is 2.11. The van der Waals surface area contributed by atoms with Gasteiger partial charge in [0.15, 0.2) is 0 Å². The maximum absolute atomic E-state index is 11.0. The van der Waals surface area contributed by atoms with Crippen LogP contribution < -0.4 is 0 Å². The van der Waals surface area contributed by atoms with Crippen molar-refractivity contribution in [2.45, 2.75) is 38.1 Å². The van der Waals surface area contributed by atoms with E-state index < -0.39 is 5.97 Å². The summed E-state index contributed by atoms with van der Waals surface area (Å²) in [5.74, 6) is 0.330. The molecule has 0 fully saturated rings. The molecule has 16 heavy (non-hydrogen) atoms. The molecule has 0 atom stereocenters. The summed E-state index contributed by atoms with van der Waals surface area (Å²) in [5.41, 5.74) is 1.18. The number of carboxylic acids is 1. The fourth-order valence-corrected chi connectivity index (χ4v) is 2.02. The number of carbonyl (C=O) groups is 1. The van der Waals surface area contributed by atoms with Gasteiger partial charge in [0.05, 0.1) is 10.6 Å². The van der Waals surface area contributed by atoms with Crippen molar-refractivity contribution in [3.8, 4) is 0 Å². The highest BCUT2D eigenvalue weighted by Crippen LogP contribution is 2.22.